The Bertz CT molecular complexity index is 1440. The highest BCUT2D eigenvalue weighted by Gasteiger charge is 2.13. The molecule has 1 heterocycles. The van der Waals surface area contributed by atoms with Crippen LogP contribution in [-0.2, 0) is 11.2 Å². The van der Waals surface area contributed by atoms with Crippen LogP contribution in [0.4, 0.5) is 17.1 Å². The van der Waals surface area contributed by atoms with E-state index >= 15 is 0 Å². The number of benzene rings is 3. The molecule has 0 amide bonds. The van der Waals surface area contributed by atoms with E-state index < -0.39 is 0 Å². The zero-order valence-electron chi connectivity index (χ0n) is 21.4. The fourth-order valence-corrected chi connectivity index (χ4v) is 4.19. The lowest BCUT2D eigenvalue weighted by Crippen LogP contribution is -2.10. The number of ether oxygens (including phenoxy) is 1. The number of hydrogen-bond acceptors (Lipinski definition) is 3. The minimum atomic E-state index is 0.0526. The Balaban J connectivity index is 1.62. The summed E-state index contributed by atoms with van der Waals surface area (Å²) in [6, 6.07) is 27.7. The Kier molecular flexibility index (Phi) is 8.04. The van der Waals surface area contributed by atoms with E-state index in [9.17, 15) is 5.26 Å². The van der Waals surface area contributed by atoms with Crippen molar-refractivity contribution in [1.82, 2.24) is 0 Å². The number of nitriles is 1. The van der Waals surface area contributed by atoms with Crippen LogP contribution in [0, 0.1) is 24.8 Å². The molecule has 37 heavy (non-hydrogen) atoms. The Morgan fingerprint density at radius 1 is 0.892 bits per heavy atom. The summed E-state index contributed by atoms with van der Waals surface area (Å²) in [5, 5.41) is 9.20. The molecule has 0 aliphatic carbocycles. The summed E-state index contributed by atoms with van der Waals surface area (Å²) in [4.78, 5) is 5.57. The van der Waals surface area contributed by atoms with Gasteiger partial charge in [-0.3, -0.25) is 0 Å². The van der Waals surface area contributed by atoms with Gasteiger partial charge in [0.25, 0.3) is 5.70 Å². The third-order valence-corrected chi connectivity index (χ3v) is 6.04. The number of rotatable bonds is 7. The smallest absolute Gasteiger partial charge is 0.269 e. The first-order valence-electron chi connectivity index (χ1n) is 12.3. The second-order valence-corrected chi connectivity index (χ2v) is 8.94. The van der Waals surface area contributed by atoms with Gasteiger partial charge in [0, 0.05) is 17.1 Å². The van der Waals surface area contributed by atoms with Crippen LogP contribution in [0.3, 0.4) is 0 Å². The van der Waals surface area contributed by atoms with Crippen LogP contribution in [0.25, 0.3) is 10.9 Å². The van der Waals surface area contributed by atoms with Crippen molar-refractivity contribution in [3.63, 3.8) is 0 Å². The van der Waals surface area contributed by atoms with Gasteiger partial charge >= 0.3 is 0 Å². The van der Waals surface area contributed by atoms with Gasteiger partial charge in [-0.25, -0.2) is 10.1 Å². The fraction of sp³-hybridized carbons (Fsp3) is 0.152. The maximum atomic E-state index is 9.20. The number of hydrogen-bond donors (Lipinski definition) is 0. The van der Waals surface area contributed by atoms with Crippen LogP contribution in [-0.4, -0.2) is 0 Å². The van der Waals surface area contributed by atoms with Gasteiger partial charge in [-0.2, -0.15) is 0 Å². The lowest BCUT2D eigenvalue weighted by molar-refractivity contribution is 0.318. The molecular formula is C33H29N3O. The molecule has 4 nitrogen and oxygen atoms in total. The molecule has 0 bridgehead atoms. The van der Waals surface area contributed by atoms with Gasteiger partial charge in [0.1, 0.15) is 11.5 Å². The molecule has 4 rings (SSSR count). The van der Waals surface area contributed by atoms with E-state index in [4.69, 9.17) is 11.3 Å². The molecule has 4 heteroatoms. The lowest BCUT2D eigenvalue weighted by atomic mass is 10.1. The Morgan fingerprint density at radius 3 is 2.05 bits per heavy atom. The summed E-state index contributed by atoms with van der Waals surface area (Å²) in [6.07, 6.45) is 9.45. The normalized spacial score (nSPS) is 14.2. The summed E-state index contributed by atoms with van der Waals surface area (Å²) in [5.74, 6) is 1.23. The first kappa shape index (κ1) is 25.3. The molecule has 0 radical (unpaired) electrons. The quantitative estimate of drug-likeness (QED) is 0.249. The number of aryl methyl sites for hydroxylation is 2. The molecule has 0 spiro atoms. The van der Waals surface area contributed by atoms with Gasteiger partial charge < -0.3 is 9.64 Å². The summed E-state index contributed by atoms with van der Waals surface area (Å²) in [5.41, 5.74) is 7.48. The van der Waals surface area contributed by atoms with Crippen LogP contribution < -0.4 is 4.90 Å². The maximum absolute atomic E-state index is 9.20. The van der Waals surface area contributed by atoms with Crippen LogP contribution in [0.5, 0.6) is 0 Å². The van der Waals surface area contributed by atoms with E-state index in [0.717, 1.165) is 35.5 Å². The highest BCUT2D eigenvalue weighted by atomic mass is 16.5. The van der Waals surface area contributed by atoms with Gasteiger partial charge in [-0.05, 0) is 91.6 Å². The van der Waals surface area contributed by atoms with Crippen LogP contribution in [0.2, 0.25) is 0 Å². The monoisotopic (exact) mass is 483 g/mol. The lowest BCUT2D eigenvalue weighted by Gasteiger charge is -2.26. The fourth-order valence-electron chi connectivity index (χ4n) is 4.19. The molecule has 0 fully saturated rings. The second-order valence-electron chi connectivity index (χ2n) is 8.94. The molecular weight excluding hydrogens is 454 g/mol. The zero-order valence-corrected chi connectivity index (χ0v) is 21.4. The van der Waals surface area contributed by atoms with Crippen LogP contribution in [0.15, 0.2) is 114 Å². The topological polar surface area (TPSA) is 40.6 Å². The van der Waals surface area contributed by atoms with E-state index in [0.29, 0.717) is 17.1 Å². The Hall–Kier alpha value is -4.80. The van der Waals surface area contributed by atoms with E-state index in [-0.39, 0.29) is 5.70 Å². The van der Waals surface area contributed by atoms with Gasteiger partial charge in [0.15, 0.2) is 0 Å². The first-order valence-corrected chi connectivity index (χ1v) is 12.3. The van der Waals surface area contributed by atoms with Crippen molar-refractivity contribution in [3.05, 3.63) is 142 Å². The molecule has 182 valence electrons. The third kappa shape index (κ3) is 6.26. The Labute approximate surface area is 219 Å². The molecule has 1 aliphatic heterocycles. The molecule has 0 unspecified atom stereocenters. The maximum Gasteiger partial charge on any atom is 0.269 e. The number of allylic oxidation sites excluding steroid dienone is 6. The number of anilines is 3. The van der Waals surface area contributed by atoms with Gasteiger partial charge in [-0.1, -0.05) is 61.4 Å². The zero-order chi connectivity index (χ0) is 26.2. The minimum Gasteiger partial charge on any atom is -0.462 e. The van der Waals surface area contributed by atoms with Crippen molar-refractivity contribution < 1.29 is 4.74 Å². The summed E-state index contributed by atoms with van der Waals surface area (Å²) in [7, 11) is 0. The highest BCUT2D eigenvalue weighted by Crippen LogP contribution is 2.35. The van der Waals surface area contributed by atoms with Crippen LogP contribution >= 0.6 is 0 Å². The highest BCUT2D eigenvalue weighted by molar-refractivity contribution is 5.77. The van der Waals surface area contributed by atoms with Crippen molar-refractivity contribution in [1.29, 1.82) is 5.26 Å². The number of nitrogens with zero attached hydrogens (tertiary/aromatic N) is 3. The van der Waals surface area contributed by atoms with E-state index in [1.165, 1.54) is 11.1 Å². The predicted molar refractivity (Wildman–Crippen MR) is 151 cm³/mol. The van der Waals surface area contributed by atoms with E-state index in [1.54, 1.807) is 12.2 Å². The average molecular weight is 484 g/mol. The molecule has 0 saturated carbocycles. The molecule has 3 aromatic carbocycles. The molecule has 0 N–H and O–H groups in total. The van der Waals surface area contributed by atoms with E-state index in [1.807, 2.05) is 25.1 Å². The van der Waals surface area contributed by atoms with Crippen LogP contribution in [0.1, 0.15) is 37.0 Å². The van der Waals surface area contributed by atoms with Crippen molar-refractivity contribution in [3.8, 4) is 6.07 Å². The largest absolute Gasteiger partial charge is 0.462 e. The predicted octanol–water partition coefficient (Wildman–Crippen LogP) is 8.95. The van der Waals surface area contributed by atoms with Crippen molar-refractivity contribution >= 4 is 23.1 Å². The summed E-state index contributed by atoms with van der Waals surface area (Å²) in [6.45, 7) is 13.3. The first-order chi connectivity index (χ1) is 18.0. The SMILES string of the molecule is [C-]#[N+]C(C#N)=C1C=C(C)OC(C=Cc2ccc(N(c3ccc(C)cc3)c3ccc(CCC)cc3)cc2)=C1. The second kappa shape index (κ2) is 11.8. The van der Waals surface area contributed by atoms with E-state index in [2.05, 4.69) is 96.4 Å². The van der Waals surface area contributed by atoms with Gasteiger partial charge in [0.05, 0.1) is 12.6 Å². The van der Waals surface area contributed by atoms with Crippen molar-refractivity contribution in [2.75, 3.05) is 4.90 Å². The third-order valence-electron chi connectivity index (χ3n) is 6.04. The summed E-state index contributed by atoms with van der Waals surface area (Å²) < 4.78 is 5.77. The minimum absolute atomic E-state index is 0.0526. The standard InChI is InChI=1S/C33H29N3O/c1-5-6-26-9-16-30(17-10-26)36(29-14-7-24(2)8-15-29)31-18-11-27(12-19-31)13-20-32-22-28(21-25(3)37-32)33(23-34)35-4/h7-22H,5-6H2,1-3H3. The van der Waals surface area contributed by atoms with Gasteiger partial charge in [-0.15, -0.1) is 0 Å². The van der Waals surface area contributed by atoms with Gasteiger partial charge in [0.2, 0.25) is 0 Å². The van der Waals surface area contributed by atoms with Crippen molar-refractivity contribution in [2.24, 2.45) is 0 Å². The van der Waals surface area contributed by atoms with Crippen molar-refractivity contribution in [2.45, 2.75) is 33.6 Å². The molecule has 0 aromatic heterocycles. The molecule has 0 saturated heterocycles. The molecule has 3 aromatic rings. The molecule has 0 atom stereocenters. The Morgan fingerprint density at radius 2 is 1.49 bits per heavy atom. The summed E-state index contributed by atoms with van der Waals surface area (Å²) >= 11 is 0. The molecule has 1 aliphatic rings. The average Bonchev–Trinajstić information content (AvgIpc) is 2.91.